The summed E-state index contributed by atoms with van der Waals surface area (Å²) < 4.78 is 10.0. The van der Waals surface area contributed by atoms with E-state index >= 15 is 0 Å². The monoisotopic (exact) mass is 308 g/mol. The van der Waals surface area contributed by atoms with E-state index in [0.29, 0.717) is 18.7 Å². The van der Waals surface area contributed by atoms with E-state index in [4.69, 9.17) is 15.2 Å². The first-order valence-electron chi connectivity index (χ1n) is 7.51. The molecule has 0 radical (unpaired) electrons. The molecule has 0 bridgehead atoms. The van der Waals surface area contributed by atoms with Gasteiger partial charge in [0.25, 0.3) is 0 Å². The predicted octanol–water partition coefficient (Wildman–Crippen LogP) is 2.27. The molecule has 22 heavy (non-hydrogen) atoms. The van der Waals surface area contributed by atoms with Crippen molar-refractivity contribution in [1.82, 2.24) is 5.32 Å². The first kappa shape index (κ1) is 17.8. The molecular formula is C16H24N2O4. The van der Waals surface area contributed by atoms with Gasteiger partial charge in [0.05, 0.1) is 13.2 Å². The third-order valence-electron chi connectivity index (χ3n) is 3.01. The number of hydrogen-bond acceptors (Lipinski definition) is 5. The van der Waals surface area contributed by atoms with Crippen molar-refractivity contribution in [2.24, 2.45) is 0 Å². The number of unbranched alkanes of at least 4 members (excludes halogenated alkanes) is 1. The molecule has 1 atom stereocenters. The minimum atomic E-state index is -0.780. The molecule has 0 spiro atoms. The number of amides is 1. The molecule has 0 saturated heterocycles. The number of ether oxygens (including phenoxy) is 2. The molecule has 0 fully saturated rings. The number of nitrogen functional groups attached to an aromatic ring is 1. The molecule has 0 saturated carbocycles. The van der Waals surface area contributed by atoms with Gasteiger partial charge in [0.15, 0.2) is 0 Å². The topological polar surface area (TPSA) is 90.6 Å². The predicted molar refractivity (Wildman–Crippen MR) is 84.4 cm³/mol. The van der Waals surface area contributed by atoms with Crippen LogP contribution in [0.25, 0.3) is 0 Å². The van der Waals surface area contributed by atoms with E-state index in [9.17, 15) is 9.59 Å². The molecule has 0 aliphatic rings. The highest BCUT2D eigenvalue weighted by Gasteiger charge is 2.23. The minimum absolute atomic E-state index is 0.254. The molecule has 1 amide bonds. The largest absolute Gasteiger partial charge is 0.464 e. The van der Waals surface area contributed by atoms with Gasteiger partial charge in [-0.3, -0.25) is 0 Å². The smallest absolute Gasteiger partial charge is 0.407 e. The first-order chi connectivity index (χ1) is 10.6. The Labute approximate surface area is 131 Å². The standard InChI is InChI=1S/C16H24N2O4/c1-3-5-10-22-16(20)18-14(15(19)21-4-2)11-12-6-8-13(17)9-7-12/h6-9,14H,3-5,10-11,17H2,1-2H3,(H,18,20). The lowest BCUT2D eigenvalue weighted by atomic mass is 10.1. The zero-order chi connectivity index (χ0) is 16.4. The Morgan fingerprint density at radius 1 is 1.18 bits per heavy atom. The lowest BCUT2D eigenvalue weighted by Gasteiger charge is -2.17. The van der Waals surface area contributed by atoms with Crippen LogP contribution in [0.1, 0.15) is 32.3 Å². The molecule has 122 valence electrons. The van der Waals surface area contributed by atoms with E-state index in [0.717, 1.165) is 18.4 Å². The van der Waals surface area contributed by atoms with Crippen LogP contribution in [0.4, 0.5) is 10.5 Å². The minimum Gasteiger partial charge on any atom is -0.464 e. The molecular weight excluding hydrogens is 284 g/mol. The Morgan fingerprint density at radius 3 is 2.45 bits per heavy atom. The van der Waals surface area contributed by atoms with Gasteiger partial charge < -0.3 is 20.5 Å². The second-order valence-corrected chi connectivity index (χ2v) is 4.88. The average molecular weight is 308 g/mol. The van der Waals surface area contributed by atoms with E-state index < -0.39 is 18.1 Å². The lowest BCUT2D eigenvalue weighted by Crippen LogP contribution is -2.43. The van der Waals surface area contributed by atoms with Crippen LogP contribution < -0.4 is 11.1 Å². The Morgan fingerprint density at radius 2 is 1.86 bits per heavy atom. The summed E-state index contributed by atoms with van der Waals surface area (Å²) in [5.41, 5.74) is 7.15. The molecule has 0 heterocycles. The fourth-order valence-electron chi connectivity index (χ4n) is 1.82. The summed E-state index contributed by atoms with van der Waals surface area (Å²) in [6, 6.07) is 6.34. The fraction of sp³-hybridized carbons (Fsp3) is 0.500. The number of carbonyl (C=O) groups is 2. The maximum atomic E-state index is 12.0. The third-order valence-corrected chi connectivity index (χ3v) is 3.01. The summed E-state index contributed by atoms with van der Waals surface area (Å²) in [7, 11) is 0. The van der Waals surface area contributed by atoms with Crippen LogP contribution in [0.15, 0.2) is 24.3 Å². The van der Waals surface area contributed by atoms with E-state index in [-0.39, 0.29) is 6.61 Å². The van der Waals surface area contributed by atoms with Crippen molar-refractivity contribution in [2.45, 2.75) is 39.2 Å². The second-order valence-electron chi connectivity index (χ2n) is 4.88. The van der Waals surface area contributed by atoms with Gasteiger partial charge in [0.2, 0.25) is 0 Å². The van der Waals surface area contributed by atoms with Crippen molar-refractivity contribution in [1.29, 1.82) is 0 Å². The van der Waals surface area contributed by atoms with Crippen LogP contribution in [0.3, 0.4) is 0 Å². The van der Waals surface area contributed by atoms with Crippen LogP contribution in [0.5, 0.6) is 0 Å². The quantitative estimate of drug-likeness (QED) is 0.437. The zero-order valence-electron chi connectivity index (χ0n) is 13.1. The maximum Gasteiger partial charge on any atom is 0.407 e. The normalized spacial score (nSPS) is 11.5. The second kappa shape index (κ2) is 9.65. The molecule has 6 heteroatoms. The van der Waals surface area contributed by atoms with Crippen LogP contribution >= 0.6 is 0 Å². The Hall–Kier alpha value is -2.24. The van der Waals surface area contributed by atoms with Gasteiger partial charge in [0.1, 0.15) is 6.04 Å². The fourth-order valence-corrected chi connectivity index (χ4v) is 1.82. The first-order valence-corrected chi connectivity index (χ1v) is 7.51. The van der Waals surface area contributed by atoms with E-state index in [1.54, 1.807) is 19.1 Å². The van der Waals surface area contributed by atoms with Crippen molar-refractivity contribution in [2.75, 3.05) is 18.9 Å². The zero-order valence-corrected chi connectivity index (χ0v) is 13.1. The molecule has 1 aromatic carbocycles. The molecule has 1 aromatic rings. The summed E-state index contributed by atoms with van der Waals surface area (Å²) in [5.74, 6) is -0.480. The van der Waals surface area contributed by atoms with E-state index in [2.05, 4.69) is 5.32 Å². The summed E-state index contributed by atoms with van der Waals surface area (Å²) in [6.45, 7) is 4.31. The summed E-state index contributed by atoms with van der Waals surface area (Å²) in [5, 5.41) is 2.56. The van der Waals surface area contributed by atoms with Crippen LogP contribution in [0, 0.1) is 0 Å². The highest BCUT2D eigenvalue weighted by Crippen LogP contribution is 2.09. The van der Waals surface area contributed by atoms with Crippen LogP contribution in [-0.4, -0.2) is 31.3 Å². The van der Waals surface area contributed by atoms with E-state index in [1.165, 1.54) is 0 Å². The average Bonchev–Trinajstić information content (AvgIpc) is 2.49. The maximum absolute atomic E-state index is 12.0. The molecule has 1 unspecified atom stereocenters. The summed E-state index contributed by atoms with van der Waals surface area (Å²) >= 11 is 0. The molecule has 3 N–H and O–H groups in total. The Balaban J connectivity index is 2.65. The van der Waals surface area contributed by atoms with Gasteiger partial charge in [-0.15, -0.1) is 0 Å². The number of carbonyl (C=O) groups excluding carboxylic acids is 2. The highest BCUT2D eigenvalue weighted by molar-refractivity contribution is 5.81. The molecule has 0 aliphatic carbocycles. The summed E-state index contributed by atoms with van der Waals surface area (Å²) in [6.07, 6.45) is 1.43. The molecule has 1 rings (SSSR count). The van der Waals surface area contributed by atoms with Crippen molar-refractivity contribution in [3.8, 4) is 0 Å². The van der Waals surface area contributed by atoms with Gasteiger partial charge in [-0.1, -0.05) is 25.5 Å². The van der Waals surface area contributed by atoms with E-state index in [1.807, 2.05) is 19.1 Å². The third kappa shape index (κ3) is 6.47. The number of rotatable bonds is 8. The molecule has 6 nitrogen and oxygen atoms in total. The van der Waals surface area contributed by atoms with Gasteiger partial charge in [-0.05, 0) is 31.0 Å². The van der Waals surface area contributed by atoms with Gasteiger partial charge in [-0.25, -0.2) is 9.59 Å². The highest BCUT2D eigenvalue weighted by atomic mass is 16.6. The number of anilines is 1. The number of benzene rings is 1. The Bertz CT molecular complexity index is 474. The van der Waals surface area contributed by atoms with Crippen molar-refractivity contribution < 1.29 is 19.1 Å². The van der Waals surface area contributed by atoms with Crippen molar-refractivity contribution in [3.05, 3.63) is 29.8 Å². The van der Waals surface area contributed by atoms with Gasteiger partial charge >= 0.3 is 12.1 Å². The van der Waals surface area contributed by atoms with Crippen LogP contribution in [-0.2, 0) is 20.7 Å². The lowest BCUT2D eigenvalue weighted by molar-refractivity contribution is -0.145. The number of nitrogens with one attached hydrogen (secondary N) is 1. The van der Waals surface area contributed by atoms with Crippen molar-refractivity contribution in [3.63, 3.8) is 0 Å². The Kier molecular flexibility index (Phi) is 7.81. The number of alkyl carbamates (subject to hydrolysis) is 1. The summed E-state index contributed by atoms with van der Waals surface area (Å²) in [4.78, 5) is 23.7. The number of nitrogens with two attached hydrogens (primary N) is 1. The van der Waals surface area contributed by atoms with Gasteiger partial charge in [-0.2, -0.15) is 0 Å². The molecule has 0 aromatic heterocycles. The van der Waals surface area contributed by atoms with Crippen molar-refractivity contribution >= 4 is 17.7 Å². The number of hydrogen-bond donors (Lipinski definition) is 2. The molecule has 0 aliphatic heterocycles. The van der Waals surface area contributed by atoms with Gasteiger partial charge in [0, 0.05) is 12.1 Å². The van der Waals surface area contributed by atoms with Crippen LogP contribution in [0.2, 0.25) is 0 Å². The number of esters is 1. The SMILES string of the molecule is CCCCOC(=O)NC(Cc1ccc(N)cc1)C(=O)OCC.